The lowest BCUT2D eigenvalue weighted by Crippen LogP contribution is -2.57. The van der Waals surface area contributed by atoms with E-state index in [4.69, 9.17) is 5.73 Å². The summed E-state index contributed by atoms with van der Waals surface area (Å²) in [4.78, 5) is 74.1. The largest absolute Gasteiger partial charge is 0.481 e. The van der Waals surface area contributed by atoms with Gasteiger partial charge in [0.15, 0.2) is 0 Å². The van der Waals surface area contributed by atoms with E-state index in [1.54, 1.807) is 6.20 Å². The molecule has 8 N–H and O–H groups in total. The molecule has 0 radical (unpaired) electrons. The number of H-pyrrole nitrogens is 2. The number of benzene rings is 1. The number of amides is 3. The number of imidazole rings is 1. The first-order valence-corrected chi connectivity index (χ1v) is 13.3. The Bertz CT molecular complexity index is 1400. The fourth-order valence-electron chi connectivity index (χ4n) is 5.02. The SMILES string of the molecule is NC(Cc1cnc[nH]1)C(=O)NC(Cc1c[nH]c2ccccc12)C(=O)NC(CCC(=O)O)C(=O)N1CCCC1C(=O)O. The Kier molecular flexibility index (Phi) is 9.34. The predicted molar refractivity (Wildman–Crippen MR) is 145 cm³/mol. The molecule has 41 heavy (non-hydrogen) atoms. The Morgan fingerprint density at radius 3 is 2.51 bits per heavy atom. The number of carbonyl (C=O) groups excluding carboxylic acids is 3. The number of carboxylic acid groups (broad SMARTS) is 2. The summed E-state index contributed by atoms with van der Waals surface area (Å²) in [6.45, 7) is 0.174. The first kappa shape index (κ1) is 29.3. The molecule has 1 aliphatic rings. The van der Waals surface area contributed by atoms with Gasteiger partial charge in [0.25, 0.3) is 0 Å². The van der Waals surface area contributed by atoms with Gasteiger partial charge in [-0.05, 0) is 30.9 Å². The fourth-order valence-corrected chi connectivity index (χ4v) is 5.02. The minimum absolute atomic E-state index is 0.0413. The molecule has 0 aliphatic carbocycles. The van der Waals surface area contributed by atoms with Gasteiger partial charge in [0.05, 0.1) is 12.4 Å². The van der Waals surface area contributed by atoms with Gasteiger partial charge in [-0.25, -0.2) is 9.78 Å². The average molecular weight is 568 g/mol. The number of fused-ring (bicyclic) bond motifs is 1. The van der Waals surface area contributed by atoms with Gasteiger partial charge >= 0.3 is 11.9 Å². The molecule has 0 spiro atoms. The molecular formula is C27H33N7O7. The molecule has 3 amide bonds. The van der Waals surface area contributed by atoms with Crippen LogP contribution >= 0.6 is 0 Å². The lowest BCUT2D eigenvalue weighted by molar-refractivity contribution is -0.150. The number of nitrogens with zero attached hydrogens (tertiary/aromatic N) is 2. The van der Waals surface area contributed by atoms with Gasteiger partial charge in [-0.2, -0.15) is 0 Å². The van der Waals surface area contributed by atoms with Crippen molar-refractivity contribution in [1.29, 1.82) is 0 Å². The smallest absolute Gasteiger partial charge is 0.326 e. The van der Waals surface area contributed by atoms with E-state index >= 15 is 0 Å². The quantitative estimate of drug-likeness (QED) is 0.146. The minimum Gasteiger partial charge on any atom is -0.481 e. The first-order chi connectivity index (χ1) is 19.6. The van der Waals surface area contributed by atoms with Crippen molar-refractivity contribution < 1.29 is 34.2 Å². The average Bonchev–Trinajstić information content (AvgIpc) is 3.71. The van der Waals surface area contributed by atoms with Crippen molar-refractivity contribution in [2.45, 2.75) is 62.7 Å². The van der Waals surface area contributed by atoms with E-state index in [0.717, 1.165) is 21.4 Å². The molecule has 1 fully saturated rings. The molecule has 3 heterocycles. The molecule has 1 saturated heterocycles. The van der Waals surface area contributed by atoms with Crippen LogP contribution in [0.1, 0.15) is 36.9 Å². The number of aliphatic carboxylic acids is 2. The summed E-state index contributed by atoms with van der Waals surface area (Å²) in [7, 11) is 0. The van der Waals surface area contributed by atoms with E-state index < -0.39 is 60.2 Å². The van der Waals surface area contributed by atoms with Crippen LogP contribution in [0.2, 0.25) is 0 Å². The third kappa shape index (κ3) is 7.28. The van der Waals surface area contributed by atoms with Crippen LogP contribution < -0.4 is 16.4 Å². The highest BCUT2D eigenvalue weighted by atomic mass is 16.4. The van der Waals surface area contributed by atoms with Crippen molar-refractivity contribution in [3.05, 3.63) is 54.2 Å². The molecular weight excluding hydrogens is 534 g/mol. The number of aromatic amines is 2. The Hall–Kier alpha value is -4.72. The molecule has 4 rings (SSSR count). The summed E-state index contributed by atoms with van der Waals surface area (Å²) in [6, 6.07) is 2.85. The maximum Gasteiger partial charge on any atom is 0.326 e. The van der Waals surface area contributed by atoms with E-state index in [1.165, 1.54) is 12.5 Å². The zero-order chi connectivity index (χ0) is 29.5. The summed E-state index contributed by atoms with van der Waals surface area (Å²) in [5, 5.41) is 24.9. The highest BCUT2D eigenvalue weighted by molar-refractivity contribution is 5.95. The number of aromatic nitrogens is 3. The van der Waals surface area contributed by atoms with Crippen LogP contribution in [-0.4, -0.2) is 90.4 Å². The lowest BCUT2D eigenvalue weighted by atomic mass is 10.0. The predicted octanol–water partition coefficient (Wildman–Crippen LogP) is -0.0865. The van der Waals surface area contributed by atoms with Crippen LogP contribution in [0.25, 0.3) is 10.9 Å². The van der Waals surface area contributed by atoms with Crippen molar-refractivity contribution in [2.24, 2.45) is 5.73 Å². The Morgan fingerprint density at radius 1 is 1.05 bits per heavy atom. The number of para-hydroxylation sites is 1. The van der Waals surface area contributed by atoms with Crippen molar-refractivity contribution in [3.8, 4) is 0 Å². The van der Waals surface area contributed by atoms with Crippen LogP contribution in [0.3, 0.4) is 0 Å². The van der Waals surface area contributed by atoms with E-state index in [2.05, 4.69) is 25.6 Å². The first-order valence-electron chi connectivity index (χ1n) is 13.3. The van der Waals surface area contributed by atoms with Gasteiger partial charge in [-0.1, -0.05) is 18.2 Å². The number of rotatable bonds is 13. The van der Waals surface area contributed by atoms with Crippen LogP contribution in [0.4, 0.5) is 0 Å². The second kappa shape index (κ2) is 13.1. The molecule has 0 bridgehead atoms. The summed E-state index contributed by atoms with van der Waals surface area (Å²) in [6.07, 6.45) is 4.92. The second-order valence-electron chi connectivity index (χ2n) is 10.0. The molecule has 4 unspecified atom stereocenters. The third-order valence-corrected chi connectivity index (χ3v) is 7.15. The van der Waals surface area contributed by atoms with Crippen LogP contribution in [-0.2, 0) is 36.8 Å². The van der Waals surface area contributed by atoms with Crippen molar-refractivity contribution in [1.82, 2.24) is 30.5 Å². The zero-order valence-corrected chi connectivity index (χ0v) is 22.2. The van der Waals surface area contributed by atoms with Gasteiger partial charge in [-0.15, -0.1) is 0 Å². The summed E-state index contributed by atoms with van der Waals surface area (Å²) in [5.74, 6) is -4.38. The summed E-state index contributed by atoms with van der Waals surface area (Å²) in [5.41, 5.74) is 8.28. The molecule has 14 nitrogen and oxygen atoms in total. The number of hydrogen-bond acceptors (Lipinski definition) is 7. The minimum atomic E-state index is -1.31. The van der Waals surface area contributed by atoms with E-state index in [9.17, 15) is 34.2 Å². The van der Waals surface area contributed by atoms with Crippen molar-refractivity contribution in [3.63, 3.8) is 0 Å². The molecule has 1 aromatic carbocycles. The Labute approximate surface area is 234 Å². The summed E-state index contributed by atoms with van der Waals surface area (Å²) < 4.78 is 0. The molecule has 3 aromatic rings. The van der Waals surface area contributed by atoms with E-state index in [-0.39, 0.29) is 32.2 Å². The highest BCUT2D eigenvalue weighted by Gasteiger charge is 2.38. The number of carbonyl (C=O) groups is 5. The Balaban J connectivity index is 1.56. The number of carboxylic acids is 2. The topological polar surface area (TPSA) is 224 Å². The molecule has 0 saturated carbocycles. The van der Waals surface area contributed by atoms with Crippen molar-refractivity contribution >= 4 is 40.6 Å². The monoisotopic (exact) mass is 567 g/mol. The van der Waals surface area contributed by atoms with Crippen LogP contribution in [0, 0.1) is 0 Å². The Morgan fingerprint density at radius 2 is 1.80 bits per heavy atom. The van der Waals surface area contributed by atoms with Gasteiger partial charge in [0, 0.05) is 54.8 Å². The number of nitrogens with two attached hydrogens (primary N) is 1. The normalized spacial score (nSPS) is 17.1. The van der Waals surface area contributed by atoms with Crippen molar-refractivity contribution in [2.75, 3.05) is 6.54 Å². The van der Waals surface area contributed by atoms with E-state index in [1.807, 2.05) is 24.3 Å². The van der Waals surface area contributed by atoms with Gasteiger partial charge in [0.1, 0.15) is 18.1 Å². The molecule has 218 valence electrons. The molecule has 4 atom stereocenters. The van der Waals surface area contributed by atoms with Crippen LogP contribution in [0.15, 0.2) is 43.0 Å². The molecule has 1 aliphatic heterocycles. The molecule has 14 heteroatoms. The number of nitrogens with one attached hydrogen (secondary N) is 4. The van der Waals surface area contributed by atoms with Crippen LogP contribution in [0.5, 0.6) is 0 Å². The zero-order valence-electron chi connectivity index (χ0n) is 22.2. The van der Waals surface area contributed by atoms with Gasteiger partial charge in [-0.3, -0.25) is 19.2 Å². The highest BCUT2D eigenvalue weighted by Crippen LogP contribution is 2.21. The lowest BCUT2D eigenvalue weighted by Gasteiger charge is -2.29. The van der Waals surface area contributed by atoms with Gasteiger partial charge < -0.3 is 41.4 Å². The summed E-state index contributed by atoms with van der Waals surface area (Å²) >= 11 is 0. The van der Waals surface area contributed by atoms with Gasteiger partial charge in [0.2, 0.25) is 17.7 Å². The number of likely N-dealkylation sites (tertiary alicyclic amines) is 1. The van der Waals surface area contributed by atoms with E-state index in [0.29, 0.717) is 12.1 Å². The maximum atomic E-state index is 13.6. The maximum absolute atomic E-state index is 13.6. The second-order valence-corrected chi connectivity index (χ2v) is 10.0. The molecule has 2 aromatic heterocycles. The fraction of sp³-hybridized carbons (Fsp3) is 0.407. The third-order valence-electron chi connectivity index (χ3n) is 7.15. The standard InChI is InChI=1S/C27H33N7O7/c28-18(11-16-13-29-14-31-16)24(37)33-21(10-15-12-30-19-5-2-1-4-17(15)19)25(38)32-20(7-8-23(35)36)26(39)34-9-3-6-22(34)27(40)41/h1-2,4-5,12-14,18,20-22,30H,3,6-11,28H2,(H,29,31)(H,32,38)(H,33,37)(H,35,36)(H,40,41). The number of hydrogen-bond donors (Lipinski definition) is 7.